The molecule has 0 aliphatic heterocycles. The Hall–Kier alpha value is -3.79. The minimum atomic E-state index is -1.29. The molecule has 1 N–H and O–H groups in total. The summed E-state index contributed by atoms with van der Waals surface area (Å²) in [4.78, 5) is 30.2. The summed E-state index contributed by atoms with van der Waals surface area (Å²) in [5.74, 6) is -3.60. The number of benzene rings is 3. The van der Waals surface area contributed by atoms with Gasteiger partial charge in [-0.2, -0.15) is 0 Å². The van der Waals surface area contributed by atoms with Crippen molar-refractivity contribution in [3.8, 4) is 0 Å². The van der Waals surface area contributed by atoms with Crippen LogP contribution in [0.25, 0.3) is 10.8 Å². The van der Waals surface area contributed by atoms with Gasteiger partial charge >= 0.3 is 5.97 Å². The van der Waals surface area contributed by atoms with Crippen LogP contribution in [0.15, 0.2) is 97.2 Å². The Morgan fingerprint density at radius 1 is 0.759 bits per heavy atom. The second kappa shape index (κ2) is 8.07. The van der Waals surface area contributed by atoms with Gasteiger partial charge < -0.3 is 5.11 Å². The van der Waals surface area contributed by atoms with Crippen LogP contribution < -0.4 is 0 Å². The first kappa shape index (κ1) is 18.6. The quantitative estimate of drug-likeness (QED) is 0.379. The van der Waals surface area contributed by atoms with E-state index in [1.807, 2.05) is 60.7 Å². The molecule has 4 aromatic rings. The van der Waals surface area contributed by atoms with E-state index >= 15 is 0 Å². The van der Waals surface area contributed by atoms with Gasteiger partial charge in [0.2, 0.25) is 0 Å². The molecule has 0 saturated carbocycles. The van der Waals surface area contributed by atoms with Crippen molar-refractivity contribution in [3.63, 3.8) is 0 Å². The second-order valence-corrected chi connectivity index (χ2v) is 6.85. The van der Waals surface area contributed by atoms with Crippen molar-refractivity contribution >= 4 is 22.5 Å². The molecule has 2 atom stereocenters. The molecule has 4 rings (SSSR count). The summed E-state index contributed by atoms with van der Waals surface area (Å²) in [6.45, 7) is 0. The van der Waals surface area contributed by atoms with Crippen LogP contribution in [-0.2, 0) is 4.79 Å². The smallest absolute Gasteiger partial charge is 0.315 e. The Labute approximate surface area is 168 Å². The number of pyridine rings is 1. The predicted octanol–water partition coefficient (Wildman–Crippen LogP) is 4.95. The number of Topliss-reactive ketones (excluding diaryl/α,β-unsaturated/α-hetero) is 1. The van der Waals surface area contributed by atoms with Gasteiger partial charge in [-0.05, 0) is 17.0 Å². The summed E-state index contributed by atoms with van der Waals surface area (Å²) in [7, 11) is 0. The zero-order chi connectivity index (χ0) is 20.2. The Balaban J connectivity index is 1.94. The van der Waals surface area contributed by atoms with Crippen LogP contribution in [0.3, 0.4) is 0 Å². The molecule has 0 bridgehead atoms. The van der Waals surface area contributed by atoms with Gasteiger partial charge in [-0.1, -0.05) is 84.9 Å². The maximum absolute atomic E-state index is 13.3. The third-order valence-corrected chi connectivity index (χ3v) is 5.10. The maximum atomic E-state index is 13.3. The number of ketones is 1. The summed E-state index contributed by atoms with van der Waals surface area (Å²) < 4.78 is 0. The van der Waals surface area contributed by atoms with Crippen LogP contribution in [-0.4, -0.2) is 21.8 Å². The Kier molecular flexibility index (Phi) is 5.16. The standard InChI is InChI=1S/C25H19NO3/c27-24(19-12-5-2-6-13-19)22(25(28)29)21(18-10-3-1-4-11-18)23-20-14-8-7-9-17(20)15-16-26-23/h1-16,21-22H,(H,28,29)/t21-,22+/m0/s1. The topological polar surface area (TPSA) is 67.3 Å². The fourth-order valence-electron chi connectivity index (χ4n) is 3.75. The molecule has 3 aromatic carbocycles. The van der Waals surface area contributed by atoms with Gasteiger partial charge in [-0.15, -0.1) is 0 Å². The van der Waals surface area contributed by atoms with Crippen LogP contribution in [0.1, 0.15) is 27.5 Å². The second-order valence-electron chi connectivity index (χ2n) is 6.85. The highest BCUT2D eigenvalue weighted by Gasteiger charge is 2.38. The molecule has 1 aromatic heterocycles. The Morgan fingerprint density at radius 2 is 1.38 bits per heavy atom. The lowest BCUT2D eigenvalue weighted by atomic mass is 9.78. The number of nitrogens with zero attached hydrogens (tertiary/aromatic N) is 1. The number of aliphatic carboxylic acids is 1. The van der Waals surface area contributed by atoms with Gasteiger partial charge in [0.05, 0.1) is 5.69 Å². The molecular weight excluding hydrogens is 362 g/mol. The summed E-state index contributed by atoms with van der Waals surface area (Å²) in [5, 5.41) is 11.9. The van der Waals surface area contributed by atoms with E-state index in [-0.39, 0.29) is 0 Å². The maximum Gasteiger partial charge on any atom is 0.315 e. The highest BCUT2D eigenvalue weighted by Crippen LogP contribution is 2.36. The molecule has 4 nitrogen and oxygen atoms in total. The van der Waals surface area contributed by atoms with Crippen molar-refractivity contribution in [3.05, 3.63) is 114 Å². The number of carbonyl (C=O) groups excluding carboxylic acids is 1. The van der Waals surface area contributed by atoms with Gasteiger partial charge in [-0.3, -0.25) is 14.6 Å². The van der Waals surface area contributed by atoms with Gasteiger partial charge in [0.1, 0.15) is 5.92 Å². The van der Waals surface area contributed by atoms with Gasteiger partial charge in [0.15, 0.2) is 5.78 Å². The number of fused-ring (bicyclic) bond motifs is 1. The zero-order valence-electron chi connectivity index (χ0n) is 15.6. The van der Waals surface area contributed by atoms with E-state index in [9.17, 15) is 14.7 Å². The SMILES string of the molecule is O=C(O)[C@@H](C(=O)c1ccccc1)[C@H](c1ccccc1)c1nccc2ccccc12. The van der Waals surface area contributed by atoms with E-state index < -0.39 is 23.6 Å². The number of rotatable bonds is 6. The molecule has 29 heavy (non-hydrogen) atoms. The van der Waals surface area contributed by atoms with E-state index in [0.29, 0.717) is 11.3 Å². The normalized spacial score (nSPS) is 13.0. The highest BCUT2D eigenvalue weighted by atomic mass is 16.4. The predicted molar refractivity (Wildman–Crippen MR) is 112 cm³/mol. The van der Waals surface area contributed by atoms with E-state index in [4.69, 9.17) is 0 Å². The molecule has 0 radical (unpaired) electrons. The molecule has 0 aliphatic carbocycles. The highest BCUT2D eigenvalue weighted by molar-refractivity contribution is 6.09. The van der Waals surface area contributed by atoms with Crippen molar-refractivity contribution in [2.45, 2.75) is 5.92 Å². The van der Waals surface area contributed by atoms with Crippen LogP contribution >= 0.6 is 0 Å². The fraction of sp³-hybridized carbons (Fsp3) is 0.0800. The monoisotopic (exact) mass is 381 g/mol. The summed E-state index contributed by atoms with van der Waals surface area (Å²) in [6.07, 6.45) is 1.67. The average Bonchev–Trinajstić information content (AvgIpc) is 2.77. The molecule has 0 saturated heterocycles. The number of aromatic nitrogens is 1. The van der Waals surface area contributed by atoms with Gasteiger partial charge in [0, 0.05) is 23.1 Å². The third kappa shape index (κ3) is 3.65. The first-order valence-electron chi connectivity index (χ1n) is 9.37. The molecule has 1 heterocycles. The fourth-order valence-corrected chi connectivity index (χ4v) is 3.75. The van der Waals surface area contributed by atoms with Crippen molar-refractivity contribution < 1.29 is 14.7 Å². The molecule has 4 heteroatoms. The molecular formula is C25H19NO3. The number of carboxylic acids is 1. The van der Waals surface area contributed by atoms with E-state index in [1.54, 1.807) is 36.5 Å². The molecule has 0 unspecified atom stereocenters. The lowest BCUT2D eigenvalue weighted by Gasteiger charge is -2.24. The zero-order valence-corrected chi connectivity index (χ0v) is 15.6. The lowest BCUT2D eigenvalue weighted by Crippen LogP contribution is -2.31. The third-order valence-electron chi connectivity index (χ3n) is 5.10. The number of carbonyl (C=O) groups is 2. The van der Waals surface area contributed by atoms with E-state index in [2.05, 4.69) is 4.98 Å². The number of hydrogen-bond acceptors (Lipinski definition) is 3. The molecule has 0 aliphatic rings. The number of hydrogen-bond donors (Lipinski definition) is 1. The lowest BCUT2D eigenvalue weighted by molar-refractivity contribution is -0.140. The Morgan fingerprint density at radius 3 is 2.07 bits per heavy atom. The first-order chi connectivity index (χ1) is 14.2. The van der Waals surface area contributed by atoms with E-state index in [0.717, 1.165) is 16.3 Å². The molecule has 0 spiro atoms. The van der Waals surface area contributed by atoms with Gasteiger partial charge in [-0.25, -0.2) is 0 Å². The van der Waals surface area contributed by atoms with Crippen LogP contribution in [0.2, 0.25) is 0 Å². The number of carboxylic acid groups (broad SMARTS) is 1. The van der Waals surface area contributed by atoms with Crippen LogP contribution in [0.4, 0.5) is 0 Å². The van der Waals surface area contributed by atoms with Crippen LogP contribution in [0, 0.1) is 5.92 Å². The summed E-state index contributed by atoms with van der Waals surface area (Å²) in [5.41, 5.74) is 1.71. The van der Waals surface area contributed by atoms with Crippen molar-refractivity contribution in [1.82, 2.24) is 4.98 Å². The van der Waals surface area contributed by atoms with Crippen LogP contribution in [0.5, 0.6) is 0 Å². The largest absolute Gasteiger partial charge is 0.481 e. The minimum Gasteiger partial charge on any atom is -0.481 e. The van der Waals surface area contributed by atoms with E-state index in [1.165, 1.54) is 0 Å². The summed E-state index contributed by atoms with van der Waals surface area (Å²) >= 11 is 0. The van der Waals surface area contributed by atoms with Crippen molar-refractivity contribution in [2.24, 2.45) is 5.92 Å². The van der Waals surface area contributed by atoms with Crippen molar-refractivity contribution in [1.29, 1.82) is 0 Å². The average molecular weight is 381 g/mol. The summed E-state index contributed by atoms with van der Waals surface area (Å²) in [6, 6.07) is 27.4. The van der Waals surface area contributed by atoms with Gasteiger partial charge in [0.25, 0.3) is 0 Å². The first-order valence-corrected chi connectivity index (χ1v) is 9.37. The molecule has 142 valence electrons. The van der Waals surface area contributed by atoms with Crippen molar-refractivity contribution in [2.75, 3.05) is 0 Å². The Bertz CT molecular complexity index is 1150. The minimum absolute atomic E-state index is 0.376. The molecule has 0 fully saturated rings. The molecule has 0 amide bonds.